The Morgan fingerprint density at radius 3 is 2.47 bits per heavy atom. The number of aryl methyl sites for hydroxylation is 1. The van der Waals surface area contributed by atoms with Crippen LogP contribution in [0.2, 0.25) is 0 Å². The van der Waals surface area contributed by atoms with Gasteiger partial charge in [0.2, 0.25) is 15.9 Å². The lowest BCUT2D eigenvalue weighted by Crippen LogP contribution is -2.38. The van der Waals surface area contributed by atoms with E-state index in [-0.39, 0.29) is 29.8 Å². The van der Waals surface area contributed by atoms with Crippen molar-refractivity contribution in [2.45, 2.75) is 38.0 Å². The van der Waals surface area contributed by atoms with Crippen molar-refractivity contribution in [3.05, 3.63) is 54.1 Å². The number of urea groups is 1. The number of amides is 3. The zero-order valence-electron chi connectivity index (χ0n) is 18.5. The summed E-state index contributed by atoms with van der Waals surface area (Å²) in [6.45, 7) is 5.22. The van der Waals surface area contributed by atoms with Crippen LogP contribution in [0.1, 0.15) is 32.3 Å². The lowest BCUT2D eigenvalue weighted by Gasteiger charge is -2.30. The van der Waals surface area contributed by atoms with Crippen molar-refractivity contribution in [3.8, 4) is 0 Å². The smallest absolute Gasteiger partial charge is 0.319 e. The molecule has 0 saturated heterocycles. The third kappa shape index (κ3) is 5.46. The summed E-state index contributed by atoms with van der Waals surface area (Å²) < 4.78 is 27.1. The highest BCUT2D eigenvalue weighted by atomic mass is 32.2. The van der Waals surface area contributed by atoms with Crippen LogP contribution in [-0.4, -0.2) is 50.8 Å². The summed E-state index contributed by atoms with van der Waals surface area (Å²) in [5, 5.41) is 5.41. The maximum absolute atomic E-state index is 12.8. The van der Waals surface area contributed by atoms with Crippen molar-refractivity contribution in [2.24, 2.45) is 0 Å². The van der Waals surface area contributed by atoms with Gasteiger partial charge in [-0.05, 0) is 48.7 Å². The predicted octanol–water partition coefficient (Wildman–Crippen LogP) is 3.21. The van der Waals surface area contributed by atoms with Gasteiger partial charge in [-0.3, -0.25) is 4.79 Å². The summed E-state index contributed by atoms with van der Waals surface area (Å²) >= 11 is 0. The molecule has 0 aliphatic carbocycles. The van der Waals surface area contributed by atoms with Crippen LogP contribution in [0.4, 0.5) is 16.2 Å². The summed E-state index contributed by atoms with van der Waals surface area (Å²) in [6.07, 6.45) is 1.63. The largest absolute Gasteiger partial charge is 0.337 e. The molecular weight excluding hydrogens is 428 g/mol. The average Bonchev–Trinajstić information content (AvgIpc) is 2.79. The minimum Gasteiger partial charge on any atom is -0.337 e. The molecule has 0 unspecified atom stereocenters. The van der Waals surface area contributed by atoms with Gasteiger partial charge in [-0.2, -0.15) is 4.31 Å². The molecule has 2 aromatic carbocycles. The first kappa shape index (κ1) is 23.7. The fraction of sp³-hybridized carbons (Fsp3) is 0.391. The number of rotatable bonds is 8. The monoisotopic (exact) mass is 458 g/mol. The predicted molar refractivity (Wildman–Crippen MR) is 125 cm³/mol. The highest BCUT2D eigenvalue weighted by Gasteiger charge is 2.26. The molecule has 172 valence electrons. The van der Waals surface area contributed by atoms with Gasteiger partial charge in [-0.15, -0.1) is 0 Å². The van der Waals surface area contributed by atoms with E-state index in [2.05, 4.69) is 10.6 Å². The number of sulfonamides is 1. The van der Waals surface area contributed by atoms with Gasteiger partial charge >= 0.3 is 6.03 Å². The van der Waals surface area contributed by atoms with Crippen LogP contribution in [0.25, 0.3) is 0 Å². The third-order valence-corrected chi connectivity index (χ3v) is 7.52. The fourth-order valence-electron chi connectivity index (χ4n) is 3.82. The number of anilines is 2. The topological polar surface area (TPSA) is 98.8 Å². The Balaban J connectivity index is 1.63. The van der Waals surface area contributed by atoms with Gasteiger partial charge in [0, 0.05) is 44.0 Å². The summed E-state index contributed by atoms with van der Waals surface area (Å²) in [5.41, 5.74) is 2.28. The summed E-state index contributed by atoms with van der Waals surface area (Å²) in [5.74, 6) is -0.106. The Labute approximate surface area is 189 Å². The van der Waals surface area contributed by atoms with Gasteiger partial charge in [0.15, 0.2) is 0 Å². The number of para-hydroxylation sites is 1. The number of nitrogens with one attached hydrogen (secondary N) is 2. The number of carbonyl (C=O) groups excluding carboxylic acids is 2. The second-order valence-electron chi connectivity index (χ2n) is 7.53. The first-order chi connectivity index (χ1) is 15.4. The molecule has 8 nitrogen and oxygen atoms in total. The number of fused-ring (bicyclic) bond motifs is 1. The summed E-state index contributed by atoms with van der Waals surface area (Å²) in [4.78, 5) is 26.7. The molecule has 0 aromatic heterocycles. The SMILES string of the molecule is CCN(CC)S(=O)(=O)c1ccc2c(c1)CCCN2C(=O)CCNC(=O)Nc1ccccc1. The fourth-order valence-corrected chi connectivity index (χ4v) is 5.33. The van der Waals surface area contributed by atoms with Crippen LogP contribution in [0, 0.1) is 0 Å². The number of nitrogens with zero attached hydrogens (tertiary/aromatic N) is 2. The van der Waals surface area contributed by atoms with Crippen molar-refractivity contribution in [1.82, 2.24) is 9.62 Å². The van der Waals surface area contributed by atoms with Crippen LogP contribution in [0.15, 0.2) is 53.4 Å². The molecule has 2 aromatic rings. The van der Waals surface area contributed by atoms with Crippen molar-refractivity contribution < 1.29 is 18.0 Å². The Morgan fingerprint density at radius 1 is 1.06 bits per heavy atom. The molecule has 1 heterocycles. The van der Waals surface area contributed by atoms with Crippen LogP contribution >= 0.6 is 0 Å². The number of hydrogen-bond donors (Lipinski definition) is 2. The molecule has 0 bridgehead atoms. The van der Waals surface area contributed by atoms with Crippen LogP contribution in [-0.2, 0) is 21.2 Å². The van der Waals surface area contributed by atoms with Crippen LogP contribution in [0.3, 0.4) is 0 Å². The van der Waals surface area contributed by atoms with Gasteiger partial charge in [0.05, 0.1) is 4.90 Å². The van der Waals surface area contributed by atoms with Crippen molar-refractivity contribution in [1.29, 1.82) is 0 Å². The standard InChI is InChI=1S/C23H30N4O4S/c1-3-26(4-2)32(30,31)20-12-13-21-18(17-20)9-8-16-27(21)22(28)14-15-24-23(29)25-19-10-6-5-7-11-19/h5-7,10-13,17H,3-4,8-9,14-16H2,1-2H3,(H2,24,25,29). The molecule has 3 rings (SSSR count). The van der Waals surface area contributed by atoms with E-state index in [1.165, 1.54) is 4.31 Å². The zero-order chi connectivity index (χ0) is 23.1. The Morgan fingerprint density at radius 2 is 1.78 bits per heavy atom. The minimum absolute atomic E-state index is 0.106. The van der Waals surface area contributed by atoms with E-state index < -0.39 is 10.0 Å². The molecule has 2 N–H and O–H groups in total. The second kappa shape index (κ2) is 10.6. The molecule has 0 fully saturated rings. The lowest BCUT2D eigenvalue weighted by atomic mass is 10.0. The van der Waals surface area contributed by atoms with Gasteiger partial charge < -0.3 is 15.5 Å². The van der Waals surface area contributed by atoms with E-state index in [0.29, 0.717) is 25.3 Å². The average molecular weight is 459 g/mol. The van der Waals surface area contributed by atoms with E-state index in [0.717, 1.165) is 24.1 Å². The summed E-state index contributed by atoms with van der Waals surface area (Å²) in [7, 11) is -3.55. The van der Waals surface area contributed by atoms with Gasteiger partial charge in [0.25, 0.3) is 0 Å². The van der Waals surface area contributed by atoms with Gasteiger partial charge in [0.1, 0.15) is 0 Å². The van der Waals surface area contributed by atoms with Crippen LogP contribution in [0.5, 0.6) is 0 Å². The van der Waals surface area contributed by atoms with Crippen molar-refractivity contribution in [3.63, 3.8) is 0 Å². The summed E-state index contributed by atoms with van der Waals surface area (Å²) in [6, 6.07) is 13.7. The number of carbonyl (C=O) groups is 2. The highest BCUT2D eigenvalue weighted by molar-refractivity contribution is 7.89. The van der Waals surface area contributed by atoms with E-state index in [9.17, 15) is 18.0 Å². The molecule has 9 heteroatoms. The Bertz CT molecular complexity index is 1050. The van der Waals surface area contributed by atoms with Crippen molar-refractivity contribution in [2.75, 3.05) is 36.4 Å². The molecule has 1 aliphatic heterocycles. The van der Waals surface area contributed by atoms with E-state index >= 15 is 0 Å². The van der Waals surface area contributed by atoms with Gasteiger partial charge in [-0.1, -0.05) is 32.0 Å². The molecule has 0 saturated carbocycles. The van der Waals surface area contributed by atoms with Gasteiger partial charge in [-0.25, -0.2) is 13.2 Å². The third-order valence-electron chi connectivity index (χ3n) is 5.47. The first-order valence-corrected chi connectivity index (χ1v) is 12.3. The lowest BCUT2D eigenvalue weighted by molar-refractivity contribution is -0.118. The van der Waals surface area contributed by atoms with E-state index in [1.807, 2.05) is 32.0 Å². The maximum atomic E-state index is 12.8. The number of benzene rings is 2. The maximum Gasteiger partial charge on any atom is 0.319 e. The Hall–Kier alpha value is -2.91. The quantitative estimate of drug-likeness (QED) is 0.635. The van der Waals surface area contributed by atoms with Crippen molar-refractivity contribution >= 4 is 33.3 Å². The molecule has 0 spiro atoms. The molecule has 1 aliphatic rings. The second-order valence-corrected chi connectivity index (χ2v) is 9.46. The normalized spacial score (nSPS) is 13.5. The molecule has 3 amide bonds. The molecule has 0 radical (unpaired) electrons. The number of hydrogen-bond acceptors (Lipinski definition) is 4. The minimum atomic E-state index is -3.55. The van der Waals surface area contributed by atoms with E-state index in [4.69, 9.17) is 0 Å². The van der Waals surface area contributed by atoms with E-state index in [1.54, 1.807) is 35.2 Å². The first-order valence-electron chi connectivity index (χ1n) is 10.9. The van der Waals surface area contributed by atoms with Crippen LogP contribution < -0.4 is 15.5 Å². The zero-order valence-corrected chi connectivity index (χ0v) is 19.3. The molecule has 32 heavy (non-hydrogen) atoms. The molecular formula is C23H30N4O4S. The Kier molecular flexibility index (Phi) is 7.87. The molecule has 0 atom stereocenters. The highest BCUT2D eigenvalue weighted by Crippen LogP contribution is 2.30.